The summed E-state index contributed by atoms with van der Waals surface area (Å²) in [7, 11) is 0. The Bertz CT molecular complexity index is 468. The van der Waals surface area contributed by atoms with E-state index in [1.807, 2.05) is 22.8 Å². The number of hydrogen-bond acceptors (Lipinski definition) is 1. The number of hydrogen-bond donors (Lipinski definition) is 0. The van der Waals surface area contributed by atoms with Gasteiger partial charge in [-0.1, -0.05) is 11.6 Å². The molecule has 0 fully saturated rings. The molecule has 2 aromatic heterocycles. The average molecular weight is 429 g/mol. The van der Waals surface area contributed by atoms with Crippen LogP contribution in [0.15, 0.2) is 24.4 Å². The lowest BCUT2D eigenvalue weighted by molar-refractivity contribution is 0.971. The molecule has 2 nitrogen and oxygen atoms in total. The Hall–Kier alpha value is 0.180. The predicted octanol–water partition coefficient (Wildman–Crippen LogP) is 3.54. The van der Waals surface area contributed by atoms with Crippen LogP contribution in [-0.2, 0) is 0 Å². The highest BCUT2D eigenvalue weighted by molar-refractivity contribution is 14.1. The summed E-state index contributed by atoms with van der Waals surface area (Å²) in [5.41, 5.74) is 0. The van der Waals surface area contributed by atoms with Crippen molar-refractivity contribution in [1.29, 1.82) is 0 Å². The van der Waals surface area contributed by atoms with Gasteiger partial charge in [0.1, 0.15) is 0 Å². The molecule has 0 saturated heterocycles. The maximum atomic E-state index is 6.03. The summed E-state index contributed by atoms with van der Waals surface area (Å²) in [6, 6.07) is 5.54. The molecule has 0 spiro atoms. The van der Waals surface area contributed by atoms with E-state index in [2.05, 4.69) is 56.4 Å². The molecule has 0 N–H and O–H groups in total. The molecule has 0 unspecified atom stereocenters. The molecule has 0 bridgehead atoms. The van der Waals surface area contributed by atoms with Crippen LogP contribution in [-0.4, -0.2) is 9.55 Å². The van der Waals surface area contributed by atoms with E-state index < -0.39 is 0 Å². The van der Waals surface area contributed by atoms with Gasteiger partial charge in [0.2, 0.25) is 0 Å². The summed E-state index contributed by atoms with van der Waals surface area (Å²) < 4.78 is 4.07. The van der Waals surface area contributed by atoms with E-state index in [0.29, 0.717) is 5.02 Å². The molecule has 5 heteroatoms. The maximum absolute atomic E-state index is 6.03. The zero-order valence-corrected chi connectivity index (χ0v) is 11.9. The summed E-state index contributed by atoms with van der Waals surface area (Å²) in [5.74, 6) is 0.724. The second-order valence-electron chi connectivity index (χ2n) is 2.56. The molecule has 0 aromatic carbocycles. The van der Waals surface area contributed by atoms with Crippen molar-refractivity contribution in [3.05, 3.63) is 42.9 Å². The molecule has 2 rings (SSSR count). The minimum atomic E-state index is 0.633. The first-order chi connectivity index (χ1) is 6.70. The van der Waals surface area contributed by atoms with Crippen molar-refractivity contribution in [1.82, 2.24) is 9.55 Å². The smallest absolute Gasteiger partial charge is 0.156 e. The standard InChI is InChI=1S/C9H4ClI2N2/c10-6-2-1-4-13-9(6)14-5-3-7(11)8(14)12/h1-4H. The molecule has 0 aliphatic rings. The molecular weight excluding hydrogens is 425 g/mol. The highest BCUT2D eigenvalue weighted by atomic mass is 127. The van der Waals surface area contributed by atoms with E-state index in [4.69, 9.17) is 11.6 Å². The largest absolute Gasteiger partial charge is 0.285 e. The fourth-order valence-electron chi connectivity index (χ4n) is 1.04. The van der Waals surface area contributed by atoms with Crippen molar-refractivity contribution < 1.29 is 0 Å². The molecule has 14 heavy (non-hydrogen) atoms. The first-order valence-electron chi connectivity index (χ1n) is 3.75. The van der Waals surface area contributed by atoms with Crippen molar-refractivity contribution in [3.8, 4) is 5.82 Å². The minimum absolute atomic E-state index is 0.633. The summed E-state index contributed by atoms with van der Waals surface area (Å²) in [6.45, 7) is 0. The third kappa shape index (κ3) is 1.92. The molecule has 0 aliphatic heterocycles. The molecule has 0 saturated carbocycles. The Kier molecular flexibility index (Phi) is 3.33. The van der Waals surface area contributed by atoms with Gasteiger partial charge in [-0.15, -0.1) is 0 Å². The van der Waals surface area contributed by atoms with Crippen molar-refractivity contribution in [2.45, 2.75) is 0 Å². The topological polar surface area (TPSA) is 17.8 Å². The van der Waals surface area contributed by atoms with E-state index in [-0.39, 0.29) is 0 Å². The second-order valence-corrected chi connectivity index (χ2v) is 5.15. The fourth-order valence-corrected chi connectivity index (χ4v) is 2.15. The molecule has 1 radical (unpaired) electrons. The van der Waals surface area contributed by atoms with E-state index >= 15 is 0 Å². The van der Waals surface area contributed by atoms with E-state index in [1.54, 1.807) is 6.20 Å². The van der Waals surface area contributed by atoms with Crippen LogP contribution in [0.3, 0.4) is 0 Å². The van der Waals surface area contributed by atoms with Gasteiger partial charge >= 0.3 is 0 Å². The maximum Gasteiger partial charge on any atom is 0.156 e. The number of aromatic nitrogens is 2. The fraction of sp³-hybridized carbons (Fsp3) is 0. The van der Waals surface area contributed by atoms with Crippen molar-refractivity contribution >= 4 is 56.8 Å². The molecular formula is C9H4ClI2N2. The van der Waals surface area contributed by atoms with Crippen molar-refractivity contribution in [2.75, 3.05) is 0 Å². The Balaban J connectivity index is 2.60. The molecule has 71 valence electrons. The Morgan fingerprint density at radius 3 is 2.79 bits per heavy atom. The SMILES string of the molecule is Clc1cccnc1-n1[c]cc(I)c1I. The van der Waals surface area contributed by atoms with Gasteiger partial charge in [0, 0.05) is 9.77 Å². The normalized spacial score (nSPS) is 10.5. The first kappa shape index (κ1) is 10.7. The highest BCUT2D eigenvalue weighted by Gasteiger charge is 2.09. The molecule has 0 amide bonds. The van der Waals surface area contributed by atoms with Crippen LogP contribution in [0.25, 0.3) is 5.82 Å². The van der Waals surface area contributed by atoms with Crippen LogP contribution in [0.5, 0.6) is 0 Å². The van der Waals surface area contributed by atoms with Crippen LogP contribution in [0.2, 0.25) is 5.02 Å². The molecule has 2 heterocycles. The Labute approximate surface area is 114 Å². The molecule has 0 aliphatic carbocycles. The van der Waals surface area contributed by atoms with Crippen LogP contribution < -0.4 is 0 Å². The summed E-state index contributed by atoms with van der Waals surface area (Å²) >= 11 is 10.5. The van der Waals surface area contributed by atoms with Gasteiger partial charge in [-0.3, -0.25) is 4.57 Å². The van der Waals surface area contributed by atoms with Crippen LogP contribution in [0.4, 0.5) is 0 Å². The van der Waals surface area contributed by atoms with Gasteiger partial charge in [-0.25, -0.2) is 4.98 Å². The molecule has 2 aromatic rings. The van der Waals surface area contributed by atoms with Gasteiger partial charge in [0.05, 0.1) is 14.9 Å². The van der Waals surface area contributed by atoms with Crippen molar-refractivity contribution in [3.63, 3.8) is 0 Å². The minimum Gasteiger partial charge on any atom is -0.285 e. The number of halogens is 3. The Morgan fingerprint density at radius 2 is 2.21 bits per heavy atom. The summed E-state index contributed by atoms with van der Waals surface area (Å²) in [5, 5.41) is 0.633. The first-order valence-corrected chi connectivity index (χ1v) is 6.29. The Morgan fingerprint density at radius 1 is 1.43 bits per heavy atom. The summed E-state index contributed by atoms with van der Waals surface area (Å²) in [4.78, 5) is 4.21. The lowest BCUT2D eigenvalue weighted by Gasteiger charge is -2.04. The monoisotopic (exact) mass is 429 g/mol. The number of pyridine rings is 1. The van der Waals surface area contributed by atoms with Gasteiger partial charge in [0.15, 0.2) is 5.82 Å². The zero-order chi connectivity index (χ0) is 10.1. The zero-order valence-electron chi connectivity index (χ0n) is 6.84. The average Bonchev–Trinajstić information content (AvgIpc) is 2.49. The van der Waals surface area contributed by atoms with Crippen LogP contribution in [0.1, 0.15) is 0 Å². The van der Waals surface area contributed by atoms with Crippen LogP contribution >= 0.6 is 56.8 Å². The molecule has 0 atom stereocenters. The van der Waals surface area contributed by atoms with Crippen LogP contribution in [0, 0.1) is 13.5 Å². The summed E-state index contributed by atoms with van der Waals surface area (Å²) in [6.07, 6.45) is 4.81. The highest BCUT2D eigenvalue weighted by Crippen LogP contribution is 2.23. The predicted molar refractivity (Wildman–Crippen MR) is 72.8 cm³/mol. The van der Waals surface area contributed by atoms with E-state index in [0.717, 1.165) is 13.1 Å². The van der Waals surface area contributed by atoms with Gasteiger partial charge < -0.3 is 0 Å². The third-order valence-electron chi connectivity index (χ3n) is 1.66. The lowest BCUT2D eigenvalue weighted by atomic mass is 10.4. The number of nitrogens with zero attached hydrogens (tertiary/aromatic N) is 2. The van der Waals surface area contributed by atoms with Gasteiger partial charge in [-0.05, 0) is 63.4 Å². The lowest BCUT2D eigenvalue weighted by Crippen LogP contribution is -1.99. The van der Waals surface area contributed by atoms with Gasteiger partial charge in [0.25, 0.3) is 0 Å². The van der Waals surface area contributed by atoms with E-state index in [1.165, 1.54) is 0 Å². The second kappa shape index (κ2) is 4.36. The quantitative estimate of drug-likeness (QED) is 0.635. The van der Waals surface area contributed by atoms with E-state index in [9.17, 15) is 0 Å². The number of rotatable bonds is 1. The van der Waals surface area contributed by atoms with Crippen molar-refractivity contribution in [2.24, 2.45) is 0 Å². The van der Waals surface area contributed by atoms with Gasteiger partial charge in [-0.2, -0.15) is 0 Å². The third-order valence-corrected chi connectivity index (χ3v) is 4.88.